The Morgan fingerprint density at radius 3 is 2.57 bits per heavy atom. The zero-order chi connectivity index (χ0) is 21.9. The molecular weight excluding hydrogens is 376 g/mol. The van der Waals surface area contributed by atoms with Crippen molar-refractivity contribution in [3.63, 3.8) is 0 Å². The third-order valence-corrected chi connectivity index (χ3v) is 9.60. The monoisotopic (exact) mass is 416 g/mol. The van der Waals surface area contributed by atoms with Crippen LogP contribution in [0.25, 0.3) is 0 Å². The van der Waals surface area contributed by atoms with Gasteiger partial charge in [0, 0.05) is 12.3 Å². The maximum absolute atomic E-state index is 12.9. The van der Waals surface area contributed by atoms with Crippen LogP contribution >= 0.6 is 0 Å². The van der Waals surface area contributed by atoms with E-state index in [0.29, 0.717) is 30.1 Å². The zero-order valence-corrected chi connectivity index (χ0v) is 19.6. The van der Waals surface area contributed by atoms with Crippen LogP contribution in [0.1, 0.15) is 85.5 Å². The summed E-state index contributed by atoms with van der Waals surface area (Å²) in [4.78, 5) is 25.4. The van der Waals surface area contributed by atoms with Gasteiger partial charge in [0.1, 0.15) is 6.10 Å². The molecule has 4 saturated carbocycles. The highest BCUT2D eigenvalue weighted by Gasteiger charge is 2.67. The molecule has 4 fully saturated rings. The molecule has 0 radical (unpaired) electrons. The summed E-state index contributed by atoms with van der Waals surface area (Å²) in [6, 6.07) is 0. The van der Waals surface area contributed by atoms with E-state index in [1.54, 1.807) is 0 Å². The molecule has 2 bridgehead atoms. The summed E-state index contributed by atoms with van der Waals surface area (Å²) in [5.74, 6) is 1.32. The third-order valence-electron chi connectivity index (χ3n) is 9.60. The van der Waals surface area contributed by atoms with Gasteiger partial charge in [-0.1, -0.05) is 39.3 Å². The summed E-state index contributed by atoms with van der Waals surface area (Å²) in [6.45, 7) is 13.1. The van der Waals surface area contributed by atoms with Crippen molar-refractivity contribution in [3.8, 4) is 0 Å². The molecule has 1 spiro atoms. The molecule has 30 heavy (non-hydrogen) atoms. The number of methoxy groups -OCH3 is 1. The number of hydrogen-bond donors (Lipinski definition) is 0. The molecule has 4 aliphatic rings. The van der Waals surface area contributed by atoms with E-state index in [-0.39, 0.29) is 28.9 Å². The minimum atomic E-state index is -0.403. The van der Waals surface area contributed by atoms with Gasteiger partial charge in [-0.05, 0) is 80.5 Å². The second kappa shape index (κ2) is 7.38. The molecule has 4 rings (SSSR count). The molecule has 0 saturated heterocycles. The van der Waals surface area contributed by atoms with Gasteiger partial charge in [-0.3, -0.25) is 9.59 Å². The molecule has 0 heterocycles. The predicted molar refractivity (Wildman–Crippen MR) is 117 cm³/mol. The third kappa shape index (κ3) is 3.15. The fraction of sp³-hybridized carbons (Fsp3) is 0.846. The molecule has 0 amide bonds. The van der Waals surface area contributed by atoms with Gasteiger partial charge >= 0.3 is 11.9 Å². The first kappa shape index (κ1) is 21.9. The molecule has 4 nitrogen and oxygen atoms in total. The highest BCUT2D eigenvalue weighted by Crippen LogP contribution is 2.72. The first-order valence-corrected chi connectivity index (χ1v) is 12.0. The number of fused-ring (bicyclic) bond motifs is 3. The van der Waals surface area contributed by atoms with Crippen LogP contribution < -0.4 is 0 Å². The molecule has 0 N–H and O–H groups in total. The van der Waals surface area contributed by atoms with E-state index in [9.17, 15) is 9.59 Å². The van der Waals surface area contributed by atoms with Crippen molar-refractivity contribution in [1.29, 1.82) is 0 Å². The Morgan fingerprint density at radius 1 is 1.17 bits per heavy atom. The van der Waals surface area contributed by atoms with Crippen LogP contribution in [0.5, 0.6) is 0 Å². The van der Waals surface area contributed by atoms with Crippen LogP contribution in [-0.4, -0.2) is 25.2 Å². The van der Waals surface area contributed by atoms with Crippen molar-refractivity contribution in [1.82, 2.24) is 0 Å². The lowest BCUT2D eigenvalue weighted by Gasteiger charge is -2.64. The SMILES string of the molecule is C=C1C[C@@]23CC[C@H]4[C@@](C)(CCC[C@@]4(C)C(=O)OC)[C@H]2C[C@H](OC(=O)CC(C)C)[C@@H]1C3. The standard InChI is InChI=1S/C26H40O4/c1-16(2)12-22(27)30-19-13-21-24(4)9-7-10-25(5,23(28)29-6)20(24)8-11-26(21)14-17(3)18(19)15-26/h16,18-21H,3,7-15H2,1-2,4-6H3/t18-,19+,20+,21-,24-,25-,26-/m1/s1. The fourth-order valence-corrected chi connectivity index (χ4v) is 8.45. The number of carbonyl (C=O) groups excluding carboxylic acids is 2. The highest BCUT2D eigenvalue weighted by molar-refractivity contribution is 5.77. The van der Waals surface area contributed by atoms with Gasteiger partial charge in [-0.25, -0.2) is 0 Å². The van der Waals surface area contributed by atoms with Crippen LogP contribution in [0.15, 0.2) is 12.2 Å². The fourth-order valence-electron chi connectivity index (χ4n) is 8.45. The second-order valence-corrected chi connectivity index (χ2v) is 11.8. The molecule has 7 atom stereocenters. The Labute approximate surface area is 182 Å². The molecule has 0 aliphatic heterocycles. The van der Waals surface area contributed by atoms with E-state index in [4.69, 9.17) is 9.47 Å². The van der Waals surface area contributed by atoms with Crippen molar-refractivity contribution < 1.29 is 19.1 Å². The number of carbonyl (C=O) groups is 2. The van der Waals surface area contributed by atoms with Gasteiger partial charge < -0.3 is 9.47 Å². The van der Waals surface area contributed by atoms with Crippen molar-refractivity contribution in [3.05, 3.63) is 12.2 Å². The number of hydrogen-bond acceptors (Lipinski definition) is 4. The smallest absolute Gasteiger partial charge is 0.311 e. The number of rotatable bonds is 4. The normalized spacial score (nSPS) is 44.9. The van der Waals surface area contributed by atoms with Crippen LogP contribution in [0, 0.1) is 39.9 Å². The van der Waals surface area contributed by atoms with E-state index >= 15 is 0 Å². The summed E-state index contributed by atoms with van der Waals surface area (Å²) in [5, 5.41) is 0. The van der Waals surface area contributed by atoms with Crippen LogP contribution in [0.2, 0.25) is 0 Å². The molecule has 0 aromatic rings. The Bertz CT molecular complexity index is 741. The van der Waals surface area contributed by atoms with Crippen molar-refractivity contribution >= 4 is 11.9 Å². The lowest BCUT2D eigenvalue weighted by atomic mass is 9.41. The van der Waals surface area contributed by atoms with Crippen molar-refractivity contribution in [2.75, 3.05) is 7.11 Å². The van der Waals surface area contributed by atoms with E-state index in [0.717, 1.165) is 51.4 Å². The minimum absolute atomic E-state index is 0.0428. The molecule has 4 heteroatoms. The van der Waals surface area contributed by atoms with Gasteiger partial charge in [-0.15, -0.1) is 0 Å². The van der Waals surface area contributed by atoms with Crippen LogP contribution in [0.4, 0.5) is 0 Å². The quantitative estimate of drug-likeness (QED) is 0.436. The van der Waals surface area contributed by atoms with E-state index in [1.165, 1.54) is 12.7 Å². The van der Waals surface area contributed by atoms with Crippen LogP contribution in [-0.2, 0) is 19.1 Å². The summed E-state index contributed by atoms with van der Waals surface area (Å²) in [6.07, 6.45) is 8.92. The van der Waals surface area contributed by atoms with Crippen molar-refractivity contribution in [2.24, 2.45) is 39.9 Å². The number of ether oxygens (including phenoxy) is 2. The molecular formula is C26H40O4. The lowest BCUT2D eigenvalue weighted by Crippen LogP contribution is -2.59. The van der Waals surface area contributed by atoms with Gasteiger partial charge in [0.05, 0.1) is 12.5 Å². The average Bonchev–Trinajstić information content (AvgIpc) is 2.93. The Hall–Kier alpha value is -1.32. The molecule has 0 unspecified atom stereocenters. The second-order valence-electron chi connectivity index (χ2n) is 11.8. The summed E-state index contributed by atoms with van der Waals surface area (Å²) in [5.41, 5.74) is 1.24. The lowest BCUT2D eigenvalue weighted by molar-refractivity contribution is -0.193. The maximum Gasteiger partial charge on any atom is 0.311 e. The average molecular weight is 417 g/mol. The Kier molecular flexibility index (Phi) is 5.38. The first-order valence-electron chi connectivity index (χ1n) is 12.0. The minimum Gasteiger partial charge on any atom is -0.469 e. The summed E-state index contributed by atoms with van der Waals surface area (Å²) < 4.78 is 11.4. The topological polar surface area (TPSA) is 52.6 Å². The van der Waals surface area contributed by atoms with Gasteiger partial charge in [0.2, 0.25) is 0 Å². The summed E-state index contributed by atoms with van der Waals surface area (Å²) in [7, 11) is 1.53. The maximum atomic E-state index is 12.9. The molecule has 4 aliphatic carbocycles. The Morgan fingerprint density at radius 2 is 1.90 bits per heavy atom. The zero-order valence-electron chi connectivity index (χ0n) is 19.6. The van der Waals surface area contributed by atoms with Gasteiger partial charge in [-0.2, -0.15) is 0 Å². The number of esters is 2. The van der Waals surface area contributed by atoms with E-state index < -0.39 is 5.41 Å². The summed E-state index contributed by atoms with van der Waals surface area (Å²) >= 11 is 0. The van der Waals surface area contributed by atoms with Crippen molar-refractivity contribution in [2.45, 2.75) is 91.6 Å². The molecule has 0 aromatic heterocycles. The first-order chi connectivity index (χ1) is 14.1. The van der Waals surface area contributed by atoms with Gasteiger partial charge in [0.25, 0.3) is 0 Å². The largest absolute Gasteiger partial charge is 0.469 e. The van der Waals surface area contributed by atoms with Crippen LogP contribution in [0.3, 0.4) is 0 Å². The van der Waals surface area contributed by atoms with E-state index in [2.05, 4.69) is 34.3 Å². The molecule has 168 valence electrons. The van der Waals surface area contributed by atoms with Gasteiger partial charge in [0.15, 0.2) is 0 Å². The molecule has 0 aromatic carbocycles. The van der Waals surface area contributed by atoms with E-state index in [1.807, 2.05) is 0 Å². The highest BCUT2D eigenvalue weighted by atomic mass is 16.5. The Balaban J connectivity index is 1.65. The predicted octanol–water partition coefficient (Wildman–Crippen LogP) is 5.70.